The average molecular weight is 310 g/mol. The molecule has 1 N–H and O–H groups in total. The number of H-pyrrole nitrogens is 1. The number of benzene rings is 2. The van der Waals surface area contributed by atoms with E-state index in [1.54, 1.807) is 0 Å². The van der Waals surface area contributed by atoms with E-state index in [-0.39, 0.29) is 0 Å². The summed E-state index contributed by atoms with van der Waals surface area (Å²) in [5.41, 5.74) is 1.83. The zero-order chi connectivity index (χ0) is 14.2. The van der Waals surface area contributed by atoms with Crippen LogP contribution in [0.15, 0.2) is 54.6 Å². The van der Waals surface area contributed by atoms with Gasteiger partial charge in [0.05, 0.1) is 10.4 Å². The molecule has 2 heterocycles. The molecule has 0 unspecified atom stereocenters. The molecular weight excluding hydrogens is 300 g/mol. The van der Waals surface area contributed by atoms with Crippen molar-refractivity contribution in [2.24, 2.45) is 0 Å². The van der Waals surface area contributed by atoms with E-state index in [9.17, 15) is 0 Å². The maximum Gasteiger partial charge on any atom is 0.200 e. The van der Waals surface area contributed by atoms with E-state index in [0.717, 1.165) is 27.3 Å². The zero-order valence-corrected chi connectivity index (χ0v) is 12.5. The minimum atomic E-state index is 0.563. The summed E-state index contributed by atoms with van der Waals surface area (Å²) in [4.78, 5) is 0. The fraction of sp³-hybridized carbons (Fsp3) is 0. The van der Waals surface area contributed by atoms with E-state index < -0.39 is 0 Å². The van der Waals surface area contributed by atoms with Gasteiger partial charge in [-0.25, -0.2) is 0 Å². The Balaban J connectivity index is 2.01. The molecule has 6 heteroatoms. The van der Waals surface area contributed by atoms with Crippen LogP contribution in [0.4, 0.5) is 0 Å². The summed E-state index contributed by atoms with van der Waals surface area (Å²) in [7, 11) is 0. The van der Waals surface area contributed by atoms with Gasteiger partial charge in [-0.05, 0) is 41.9 Å². The molecule has 0 aliphatic heterocycles. The van der Waals surface area contributed by atoms with Crippen molar-refractivity contribution in [2.45, 2.75) is 0 Å². The molecule has 4 nitrogen and oxygen atoms in total. The lowest BCUT2D eigenvalue weighted by atomic mass is 10.2. The van der Waals surface area contributed by atoms with E-state index >= 15 is 0 Å². The lowest BCUT2D eigenvalue weighted by Crippen LogP contribution is -1.97. The summed E-state index contributed by atoms with van der Waals surface area (Å²) in [5, 5.41) is 8.34. The molecule has 0 fully saturated rings. The van der Waals surface area contributed by atoms with Crippen molar-refractivity contribution in [1.29, 1.82) is 0 Å². The Kier molecular flexibility index (Phi) is 2.90. The van der Waals surface area contributed by atoms with Crippen LogP contribution in [0.2, 0.25) is 0 Å². The Labute approximate surface area is 129 Å². The predicted octanol–water partition coefficient (Wildman–Crippen LogP) is 4.21. The normalized spacial score (nSPS) is 11.0. The second kappa shape index (κ2) is 4.91. The van der Waals surface area contributed by atoms with Gasteiger partial charge in [-0.1, -0.05) is 36.4 Å². The third kappa shape index (κ3) is 2.00. The molecule has 0 spiro atoms. The van der Waals surface area contributed by atoms with Gasteiger partial charge in [-0.15, -0.1) is 0 Å². The lowest BCUT2D eigenvalue weighted by Gasteiger charge is -2.04. The molecule has 2 aromatic carbocycles. The fourth-order valence-electron chi connectivity index (χ4n) is 2.32. The van der Waals surface area contributed by atoms with Crippen LogP contribution < -0.4 is 0 Å². The topological polar surface area (TPSA) is 46.5 Å². The molecule has 102 valence electrons. The fourth-order valence-corrected chi connectivity index (χ4v) is 3.33. The molecule has 0 atom stereocenters. The van der Waals surface area contributed by atoms with Gasteiger partial charge in [-0.2, -0.15) is 9.47 Å². The van der Waals surface area contributed by atoms with Gasteiger partial charge in [-0.3, -0.25) is 9.67 Å². The largest absolute Gasteiger partial charge is 0.267 e. The summed E-state index contributed by atoms with van der Waals surface area (Å²) >= 11 is 6.84. The minimum Gasteiger partial charge on any atom is -0.267 e. The molecule has 4 rings (SSSR count). The van der Waals surface area contributed by atoms with Crippen LogP contribution in [-0.4, -0.2) is 19.1 Å². The summed E-state index contributed by atoms with van der Waals surface area (Å²) in [6.45, 7) is 0. The number of aromatic amines is 1. The summed E-state index contributed by atoms with van der Waals surface area (Å²) < 4.78 is 8.17. The Bertz CT molecular complexity index is 966. The lowest BCUT2D eigenvalue weighted by molar-refractivity contribution is 1.03. The van der Waals surface area contributed by atoms with Crippen molar-refractivity contribution in [3.8, 4) is 17.2 Å². The first kappa shape index (κ1) is 12.4. The van der Waals surface area contributed by atoms with Crippen molar-refractivity contribution >= 4 is 33.8 Å². The van der Waals surface area contributed by atoms with Crippen molar-refractivity contribution in [3.05, 3.63) is 59.4 Å². The molecule has 21 heavy (non-hydrogen) atoms. The predicted molar refractivity (Wildman–Crippen MR) is 87.4 cm³/mol. The van der Waals surface area contributed by atoms with Crippen molar-refractivity contribution < 1.29 is 0 Å². The van der Waals surface area contributed by atoms with Gasteiger partial charge in [0.1, 0.15) is 5.69 Å². The number of fused-ring (bicyclic) bond motifs is 1. The van der Waals surface area contributed by atoms with Gasteiger partial charge in [0, 0.05) is 5.39 Å². The van der Waals surface area contributed by atoms with Gasteiger partial charge < -0.3 is 0 Å². The van der Waals surface area contributed by atoms with E-state index in [1.807, 2.05) is 47.0 Å². The highest BCUT2D eigenvalue weighted by molar-refractivity contribution is 7.71. The van der Waals surface area contributed by atoms with Crippen LogP contribution in [0.1, 0.15) is 0 Å². The SMILES string of the molecule is S=c1[nH]nc(-c2nsc3ccccc23)n1-c1ccccc1. The maximum atomic E-state index is 5.37. The number of nitrogens with zero attached hydrogens (tertiary/aromatic N) is 3. The molecule has 2 aromatic heterocycles. The summed E-state index contributed by atoms with van der Waals surface area (Å²) in [6.07, 6.45) is 0. The molecule has 4 aromatic rings. The van der Waals surface area contributed by atoms with E-state index in [0.29, 0.717) is 4.77 Å². The highest BCUT2D eigenvalue weighted by atomic mass is 32.1. The Hall–Kier alpha value is -2.31. The van der Waals surface area contributed by atoms with Crippen LogP contribution in [0.3, 0.4) is 0 Å². The number of nitrogens with one attached hydrogen (secondary N) is 1. The first-order chi connectivity index (χ1) is 10.3. The molecule has 0 aliphatic rings. The number of hydrogen-bond donors (Lipinski definition) is 1. The van der Waals surface area contributed by atoms with Crippen molar-refractivity contribution in [1.82, 2.24) is 19.1 Å². The highest BCUT2D eigenvalue weighted by Gasteiger charge is 2.16. The van der Waals surface area contributed by atoms with Crippen LogP contribution in [-0.2, 0) is 0 Å². The van der Waals surface area contributed by atoms with Crippen LogP contribution >= 0.6 is 23.8 Å². The number of rotatable bonds is 2. The Morgan fingerprint density at radius 3 is 2.62 bits per heavy atom. The quantitative estimate of drug-likeness (QED) is 0.564. The maximum absolute atomic E-state index is 5.37. The van der Waals surface area contributed by atoms with Crippen LogP contribution in [0, 0.1) is 4.77 Å². The smallest absolute Gasteiger partial charge is 0.200 e. The number of hydrogen-bond acceptors (Lipinski definition) is 4. The van der Waals surface area contributed by atoms with Crippen molar-refractivity contribution in [2.75, 3.05) is 0 Å². The van der Waals surface area contributed by atoms with Crippen LogP contribution in [0.25, 0.3) is 27.3 Å². The standard InChI is InChI=1S/C15H10N4S2/c20-15-17-16-14(19(15)10-6-2-1-3-7-10)13-11-8-4-5-9-12(11)21-18-13/h1-9H,(H,17,20). The highest BCUT2D eigenvalue weighted by Crippen LogP contribution is 2.30. The second-order valence-corrected chi connectivity index (χ2v) is 5.74. The third-order valence-electron chi connectivity index (χ3n) is 3.28. The number of para-hydroxylation sites is 1. The molecular formula is C15H10N4S2. The minimum absolute atomic E-state index is 0.563. The molecule has 0 radical (unpaired) electrons. The molecule has 0 amide bonds. The monoisotopic (exact) mass is 310 g/mol. The van der Waals surface area contributed by atoms with E-state index in [2.05, 4.69) is 26.7 Å². The first-order valence-corrected chi connectivity index (χ1v) is 7.60. The Morgan fingerprint density at radius 1 is 1.00 bits per heavy atom. The molecule has 0 saturated carbocycles. The average Bonchev–Trinajstić information content (AvgIpc) is 3.11. The summed E-state index contributed by atoms with van der Waals surface area (Å²) in [5.74, 6) is 0.739. The van der Waals surface area contributed by atoms with E-state index in [1.165, 1.54) is 11.5 Å². The molecule has 0 aliphatic carbocycles. The number of aromatic nitrogens is 4. The first-order valence-electron chi connectivity index (χ1n) is 6.42. The zero-order valence-electron chi connectivity index (χ0n) is 10.9. The summed E-state index contributed by atoms with van der Waals surface area (Å²) in [6, 6.07) is 18.1. The Morgan fingerprint density at radius 2 is 1.76 bits per heavy atom. The van der Waals surface area contributed by atoms with Gasteiger partial charge in [0.2, 0.25) is 0 Å². The molecule has 0 saturated heterocycles. The molecule has 0 bridgehead atoms. The van der Waals surface area contributed by atoms with Crippen molar-refractivity contribution in [3.63, 3.8) is 0 Å². The third-order valence-corrected chi connectivity index (χ3v) is 4.38. The van der Waals surface area contributed by atoms with Gasteiger partial charge in [0.15, 0.2) is 10.6 Å². The second-order valence-electron chi connectivity index (χ2n) is 4.55. The van der Waals surface area contributed by atoms with Crippen LogP contribution in [0.5, 0.6) is 0 Å². The van der Waals surface area contributed by atoms with Gasteiger partial charge >= 0.3 is 0 Å². The van der Waals surface area contributed by atoms with E-state index in [4.69, 9.17) is 12.2 Å². The van der Waals surface area contributed by atoms with Gasteiger partial charge in [0.25, 0.3) is 0 Å².